The molecule has 0 bridgehead atoms. The summed E-state index contributed by atoms with van der Waals surface area (Å²) < 4.78 is 3.74. The topological polar surface area (TPSA) is 92.7 Å². The number of amides is 1. The first-order valence-corrected chi connectivity index (χ1v) is 12.2. The van der Waals surface area contributed by atoms with E-state index in [0.717, 1.165) is 5.56 Å². The van der Waals surface area contributed by atoms with Crippen LogP contribution in [0.15, 0.2) is 60.8 Å². The maximum absolute atomic E-state index is 13.3. The Bertz CT molecular complexity index is 1520. The fourth-order valence-corrected chi connectivity index (χ4v) is 4.96. The number of carbonyl (C=O) groups excluding carboxylic acids is 2. The summed E-state index contributed by atoms with van der Waals surface area (Å²) in [7, 11) is 0. The molecule has 0 aliphatic carbocycles. The maximum atomic E-state index is 13.3. The van der Waals surface area contributed by atoms with Gasteiger partial charge in [-0.1, -0.05) is 35.3 Å². The second kappa shape index (κ2) is 9.44. The van der Waals surface area contributed by atoms with Gasteiger partial charge in [-0.15, -0.1) is 0 Å². The Balaban J connectivity index is 1.62. The number of nitrogens with zero attached hydrogens (tertiary/aromatic N) is 5. The van der Waals surface area contributed by atoms with Gasteiger partial charge in [0.15, 0.2) is 5.76 Å². The molecule has 3 aromatic heterocycles. The highest BCUT2D eigenvalue weighted by Crippen LogP contribution is 2.41. The molecule has 1 aromatic carbocycles. The zero-order valence-electron chi connectivity index (χ0n) is 19.7. The van der Waals surface area contributed by atoms with Gasteiger partial charge in [-0.25, -0.2) is 9.97 Å². The van der Waals surface area contributed by atoms with Crippen LogP contribution in [0.5, 0.6) is 0 Å². The van der Waals surface area contributed by atoms with E-state index >= 15 is 0 Å². The third-order valence-electron chi connectivity index (χ3n) is 6.48. The molecule has 1 aliphatic rings. The van der Waals surface area contributed by atoms with E-state index in [9.17, 15) is 14.7 Å². The van der Waals surface area contributed by atoms with Crippen LogP contribution in [0.1, 0.15) is 35.0 Å². The van der Waals surface area contributed by atoms with Crippen molar-refractivity contribution in [2.24, 2.45) is 0 Å². The van der Waals surface area contributed by atoms with Gasteiger partial charge >= 0.3 is 0 Å². The van der Waals surface area contributed by atoms with Crippen LogP contribution >= 0.6 is 23.2 Å². The lowest BCUT2D eigenvalue weighted by Gasteiger charge is -2.25. The van der Waals surface area contributed by atoms with E-state index < -0.39 is 17.7 Å². The molecule has 8 nitrogen and oxygen atoms in total. The second-order valence-corrected chi connectivity index (χ2v) is 9.57. The molecule has 0 spiro atoms. The average molecular weight is 524 g/mol. The van der Waals surface area contributed by atoms with E-state index in [1.165, 1.54) is 4.90 Å². The van der Waals surface area contributed by atoms with Crippen LogP contribution in [-0.4, -0.2) is 47.2 Å². The predicted molar refractivity (Wildman–Crippen MR) is 137 cm³/mol. The normalized spacial score (nSPS) is 17.4. The summed E-state index contributed by atoms with van der Waals surface area (Å²) in [5.74, 6) is -1.77. The lowest BCUT2D eigenvalue weighted by molar-refractivity contribution is -0.139. The van der Waals surface area contributed by atoms with E-state index in [1.807, 2.05) is 47.3 Å². The zero-order chi connectivity index (χ0) is 25.6. The van der Waals surface area contributed by atoms with Crippen LogP contribution in [-0.2, 0) is 16.1 Å². The van der Waals surface area contributed by atoms with Crippen LogP contribution in [0.3, 0.4) is 0 Å². The van der Waals surface area contributed by atoms with E-state index in [0.29, 0.717) is 34.9 Å². The number of hydrogen-bond donors (Lipinski definition) is 1. The van der Waals surface area contributed by atoms with E-state index in [-0.39, 0.29) is 28.6 Å². The number of Topliss-reactive ketones (excluding diaryl/α,β-unsaturated/α-hetero) is 1. The monoisotopic (exact) mass is 523 g/mol. The summed E-state index contributed by atoms with van der Waals surface area (Å²) in [6, 6.07) is 7.91. The highest BCUT2D eigenvalue weighted by atomic mass is 35.5. The minimum absolute atomic E-state index is 0.0230. The molecular formula is C26H23Cl2N5O3. The van der Waals surface area contributed by atoms with E-state index in [4.69, 9.17) is 23.2 Å². The summed E-state index contributed by atoms with van der Waals surface area (Å²) in [6.45, 7) is 4.62. The van der Waals surface area contributed by atoms with Crippen molar-refractivity contribution >= 4 is 46.3 Å². The van der Waals surface area contributed by atoms with Crippen molar-refractivity contribution in [2.75, 3.05) is 6.54 Å². The van der Waals surface area contributed by atoms with Crippen LogP contribution < -0.4 is 0 Å². The number of halogens is 2. The molecular weight excluding hydrogens is 501 g/mol. The Morgan fingerprint density at radius 2 is 1.89 bits per heavy atom. The van der Waals surface area contributed by atoms with Gasteiger partial charge in [-0.2, -0.15) is 0 Å². The molecule has 1 atom stereocenters. The lowest BCUT2D eigenvalue weighted by Crippen LogP contribution is -2.31. The van der Waals surface area contributed by atoms with E-state index in [1.54, 1.807) is 30.7 Å². The van der Waals surface area contributed by atoms with Crippen LogP contribution in [0, 0.1) is 13.8 Å². The number of aliphatic hydroxyl groups excluding tert-OH is 1. The number of carbonyl (C=O) groups is 2. The minimum Gasteiger partial charge on any atom is -0.505 e. The highest BCUT2D eigenvalue weighted by Gasteiger charge is 2.46. The molecule has 1 saturated heterocycles. The SMILES string of the molecule is Cc1cccn2c(C)c(C(O)=C3C(=O)C(=O)N(CCCn4ccnc4)C3c3ccc(Cl)c(Cl)c3)nc12. The smallest absolute Gasteiger partial charge is 0.295 e. The first-order chi connectivity index (χ1) is 17.3. The molecule has 10 heteroatoms. The summed E-state index contributed by atoms with van der Waals surface area (Å²) in [4.78, 5) is 36.7. The summed E-state index contributed by atoms with van der Waals surface area (Å²) >= 11 is 12.4. The molecule has 184 valence electrons. The standard InChI is InChI=1S/C26H23Cl2N5O3/c1-15-5-3-10-32-16(2)21(30-25(15)32)23(34)20-22(17-6-7-18(27)19(28)13-17)33(26(36)24(20)35)11-4-9-31-12-8-29-14-31/h3,5-8,10,12-14,22,34H,4,9,11H2,1-2H3. The lowest BCUT2D eigenvalue weighted by atomic mass is 9.96. The third-order valence-corrected chi connectivity index (χ3v) is 7.22. The summed E-state index contributed by atoms with van der Waals surface area (Å²) in [5, 5.41) is 12.1. The summed E-state index contributed by atoms with van der Waals surface area (Å²) in [5.41, 5.74) is 3.05. The Labute approximate surface area is 217 Å². The summed E-state index contributed by atoms with van der Waals surface area (Å²) in [6.07, 6.45) is 7.62. The number of hydrogen-bond acceptors (Lipinski definition) is 5. The first-order valence-electron chi connectivity index (χ1n) is 11.4. The van der Waals surface area contributed by atoms with Crippen LogP contribution in [0.25, 0.3) is 11.4 Å². The van der Waals surface area contributed by atoms with Gasteiger partial charge in [0.2, 0.25) is 0 Å². The quantitative estimate of drug-likeness (QED) is 0.219. The molecule has 1 unspecified atom stereocenters. The van der Waals surface area contributed by atoms with Crippen LogP contribution in [0.2, 0.25) is 10.0 Å². The molecule has 4 aromatic rings. The number of aromatic nitrogens is 4. The molecule has 1 amide bonds. The van der Waals surface area contributed by atoms with Crippen molar-refractivity contribution in [2.45, 2.75) is 32.9 Å². The van der Waals surface area contributed by atoms with Gasteiger partial charge in [0.1, 0.15) is 11.3 Å². The Morgan fingerprint density at radius 3 is 2.58 bits per heavy atom. The van der Waals surface area contributed by atoms with Gasteiger partial charge in [0.05, 0.1) is 33.7 Å². The number of imidazole rings is 2. The minimum atomic E-state index is -0.840. The van der Waals surface area contributed by atoms with Crippen molar-refractivity contribution in [1.29, 1.82) is 0 Å². The van der Waals surface area contributed by atoms with Crippen LogP contribution in [0.4, 0.5) is 0 Å². The fraction of sp³-hybridized carbons (Fsp3) is 0.231. The molecule has 36 heavy (non-hydrogen) atoms. The Morgan fingerprint density at radius 1 is 1.08 bits per heavy atom. The van der Waals surface area contributed by atoms with Crippen molar-refractivity contribution in [1.82, 2.24) is 23.8 Å². The molecule has 1 aliphatic heterocycles. The molecule has 5 rings (SSSR count). The van der Waals surface area contributed by atoms with E-state index in [2.05, 4.69) is 9.97 Å². The van der Waals surface area contributed by atoms with Gasteiger partial charge < -0.3 is 19.0 Å². The predicted octanol–water partition coefficient (Wildman–Crippen LogP) is 4.97. The van der Waals surface area contributed by atoms with Gasteiger partial charge in [0, 0.05) is 31.7 Å². The average Bonchev–Trinajstić information content (AvgIpc) is 3.55. The molecule has 4 heterocycles. The number of pyridine rings is 1. The Hall–Kier alpha value is -3.62. The van der Waals surface area contributed by atoms with Crippen molar-refractivity contribution in [3.8, 4) is 0 Å². The number of aliphatic hydroxyl groups is 1. The maximum Gasteiger partial charge on any atom is 0.295 e. The zero-order valence-corrected chi connectivity index (χ0v) is 21.2. The number of ketones is 1. The first kappa shape index (κ1) is 24.1. The highest BCUT2D eigenvalue weighted by molar-refractivity contribution is 6.46. The fourth-order valence-electron chi connectivity index (χ4n) is 4.66. The van der Waals surface area contributed by atoms with Gasteiger partial charge in [-0.05, 0) is 49.6 Å². The molecule has 1 fully saturated rings. The second-order valence-electron chi connectivity index (χ2n) is 8.75. The molecule has 0 saturated carbocycles. The number of fused-ring (bicyclic) bond motifs is 1. The molecule has 0 radical (unpaired) electrons. The number of aryl methyl sites for hydroxylation is 3. The van der Waals surface area contributed by atoms with Gasteiger partial charge in [0.25, 0.3) is 11.7 Å². The third kappa shape index (κ3) is 4.06. The largest absolute Gasteiger partial charge is 0.505 e. The molecule has 1 N–H and O–H groups in total. The van der Waals surface area contributed by atoms with Gasteiger partial charge in [-0.3, -0.25) is 9.59 Å². The van der Waals surface area contributed by atoms with Crippen molar-refractivity contribution < 1.29 is 14.7 Å². The Kier molecular flexibility index (Phi) is 6.32. The van der Waals surface area contributed by atoms with Crippen molar-refractivity contribution in [3.63, 3.8) is 0 Å². The number of likely N-dealkylation sites (tertiary alicyclic amines) is 1. The van der Waals surface area contributed by atoms with Crippen molar-refractivity contribution in [3.05, 3.63) is 93.4 Å². The number of benzene rings is 1. The number of rotatable bonds is 6.